The maximum absolute atomic E-state index is 11.7. The predicted octanol–water partition coefficient (Wildman–Crippen LogP) is 0.806. The van der Waals surface area contributed by atoms with Crippen molar-refractivity contribution in [3.8, 4) is 0 Å². The summed E-state index contributed by atoms with van der Waals surface area (Å²) in [5.74, 6) is -0.951. The van der Waals surface area contributed by atoms with Crippen LogP contribution >= 0.6 is 0 Å². The van der Waals surface area contributed by atoms with E-state index >= 15 is 0 Å². The number of aliphatic carboxylic acids is 1. The zero-order valence-corrected chi connectivity index (χ0v) is 8.63. The molecule has 0 aliphatic heterocycles. The van der Waals surface area contributed by atoms with Crippen LogP contribution < -0.4 is 10.6 Å². The number of carboxylic acid groups (broad SMARTS) is 1. The highest BCUT2D eigenvalue weighted by molar-refractivity contribution is 5.78. The monoisotopic (exact) mass is 236 g/mol. The second kappa shape index (κ2) is 5.09. The maximum Gasteiger partial charge on any atom is 0.315 e. The van der Waals surface area contributed by atoms with Crippen LogP contribution in [-0.4, -0.2) is 36.6 Å². The fraction of sp³-hybridized carbons (Fsp3) is 0.778. The number of hydrogen-bond donors (Lipinski definition) is 3. The minimum atomic E-state index is -2.61. The SMILES string of the molecule is O=C(NCC(F)F)NCC1(C(=O)O)CCC1. The molecule has 0 aromatic rings. The van der Waals surface area contributed by atoms with Crippen molar-refractivity contribution < 1.29 is 23.5 Å². The molecular formula is C9H14F2N2O3. The number of carbonyl (C=O) groups excluding carboxylic acids is 1. The topological polar surface area (TPSA) is 78.4 Å². The third kappa shape index (κ3) is 3.04. The van der Waals surface area contributed by atoms with Crippen LogP contribution in [0.1, 0.15) is 19.3 Å². The zero-order chi connectivity index (χ0) is 12.2. The summed E-state index contributed by atoms with van der Waals surface area (Å²) in [5, 5.41) is 13.2. The van der Waals surface area contributed by atoms with Crippen LogP contribution in [0.4, 0.5) is 13.6 Å². The van der Waals surface area contributed by atoms with E-state index in [2.05, 4.69) is 5.32 Å². The largest absolute Gasteiger partial charge is 0.481 e. The van der Waals surface area contributed by atoms with Crippen molar-refractivity contribution in [2.45, 2.75) is 25.7 Å². The van der Waals surface area contributed by atoms with E-state index in [1.807, 2.05) is 5.32 Å². The molecule has 0 spiro atoms. The van der Waals surface area contributed by atoms with Crippen LogP contribution in [0.5, 0.6) is 0 Å². The summed E-state index contributed by atoms with van der Waals surface area (Å²) >= 11 is 0. The lowest BCUT2D eigenvalue weighted by molar-refractivity contribution is -0.153. The summed E-state index contributed by atoms with van der Waals surface area (Å²) < 4.78 is 23.5. The van der Waals surface area contributed by atoms with E-state index in [-0.39, 0.29) is 6.54 Å². The van der Waals surface area contributed by atoms with Gasteiger partial charge in [-0.2, -0.15) is 0 Å². The molecule has 0 atom stereocenters. The Morgan fingerprint density at radius 3 is 2.31 bits per heavy atom. The number of hydrogen-bond acceptors (Lipinski definition) is 2. The first kappa shape index (κ1) is 12.7. The summed E-state index contributed by atoms with van der Waals surface area (Å²) in [6, 6.07) is -0.757. The third-order valence-corrected chi connectivity index (χ3v) is 2.77. The van der Waals surface area contributed by atoms with Crippen LogP contribution in [0.15, 0.2) is 0 Å². The number of urea groups is 1. The second-order valence-electron chi connectivity index (χ2n) is 3.89. The van der Waals surface area contributed by atoms with Gasteiger partial charge in [0.25, 0.3) is 6.43 Å². The van der Waals surface area contributed by atoms with E-state index in [1.54, 1.807) is 0 Å². The molecule has 2 amide bonds. The van der Waals surface area contributed by atoms with Crippen molar-refractivity contribution in [3.05, 3.63) is 0 Å². The second-order valence-corrected chi connectivity index (χ2v) is 3.89. The van der Waals surface area contributed by atoms with Gasteiger partial charge in [0.1, 0.15) is 0 Å². The van der Waals surface area contributed by atoms with Gasteiger partial charge in [-0.1, -0.05) is 6.42 Å². The molecule has 1 aliphatic carbocycles. The van der Waals surface area contributed by atoms with Crippen LogP contribution in [0, 0.1) is 5.41 Å². The molecule has 1 aliphatic rings. The van der Waals surface area contributed by atoms with E-state index in [1.165, 1.54) is 0 Å². The zero-order valence-electron chi connectivity index (χ0n) is 8.63. The first-order valence-corrected chi connectivity index (χ1v) is 4.99. The number of alkyl halides is 2. The highest BCUT2D eigenvalue weighted by Crippen LogP contribution is 2.40. The van der Waals surface area contributed by atoms with Crippen LogP contribution in [0.3, 0.4) is 0 Å². The summed E-state index contributed by atoms with van der Waals surface area (Å²) in [6.45, 7) is -0.747. The summed E-state index contributed by atoms with van der Waals surface area (Å²) in [4.78, 5) is 21.9. The molecule has 0 aromatic carbocycles. The lowest BCUT2D eigenvalue weighted by atomic mass is 9.69. The number of carbonyl (C=O) groups is 2. The first-order valence-electron chi connectivity index (χ1n) is 4.99. The van der Waals surface area contributed by atoms with Gasteiger partial charge in [0.15, 0.2) is 0 Å². The molecule has 3 N–H and O–H groups in total. The normalized spacial score (nSPS) is 17.7. The first-order chi connectivity index (χ1) is 7.46. The Labute approximate surface area is 91.2 Å². The van der Waals surface area contributed by atoms with Gasteiger partial charge in [-0.25, -0.2) is 13.6 Å². The number of rotatable bonds is 5. The van der Waals surface area contributed by atoms with Crippen molar-refractivity contribution in [3.63, 3.8) is 0 Å². The van der Waals surface area contributed by atoms with Gasteiger partial charge in [-0.05, 0) is 12.8 Å². The molecule has 1 rings (SSSR count). The molecule has 0 saturated heterocycles. The molecule has 16 heavy (non-hydrogen) atoms. The van der Waals surface area contributed by atoms with E-state index < -0.39 is 30.4 Å². The molecule has 1 saturated carbocycles. The average molecular weight is 236 g/mol. The van der Waals surface area contributed by atoms with Gasteiger partial charge < -0.3 is 15.7 Å². The Hall–Kier alpha value is -1.40. The fourth-order valence-electron chi connectivity index (χ4n) is 1.55. The molecule has 0 radical (unpaired) electrons. The molecule has 0 aromatic heterocycles. The highest BCUT2D eigenvalue weighted by atomic mass is 19.3. The van der Waals surface area contributed by atoms with Gasteiger partial charge in [-0.3, -0.25) is 4.79 Å². The van der Waals surface area contributed by atoms with Gasteiger partial charge in [0.05, 0.1) is 12.0 Å². The molecule has 5 nitrogen and oxygen atoms in total. The average Bonchev–Trinajstić information content (AvgIpc) is 2.12. The number of halogens is 2. The lowest BCUT2D eigenvalue weighted by Gasteiger charge is -2.37. The van der Waals surface area contributed by atoms with E-state index in [9.17, 15) is 18.4 Å². The number of carboxylic acids is 1. The van der Waals surface area contributed by atoms with Crippen molar-refractivity contribution in [1.82, 2.24) is 10.6 Å². The summed E-state index contributed by atoms with van der Waals surface area (Å²) in [5.41, 5.74) is -0.901. The van der Waals surface area contributed by atoms with E-state index in [0.717, 1.165) is 6.42 Å². The molecule has 0 heterocycles. The van der Waals surface area contributed by atoms with Crippen molar-refractivity contribution in [1.29, 1.82) is 0 Å². The van der Waals surface area contributed by atoms with E-state index in [4.69, 9.17) is 5.11 Å². The van der Waals surface area contributed by atoms with Crippen molar-refractivity contribution in [2.75, 3.05) is 13.1 Å². The predicted molar refractivity (Wildman–Crippen MR) is 51.3 cm³/mol. The van der Waals surface area contributed by atoms with Crippen LogP contribution in [-0.2, 0) is 4.79 Å². The Bertz CT molecular complexity index is 280. The number of amides is 2. The Kier molecular flexibility index (Phi) is 4.03. The number of nitrogens with one attached hydrogen (secondary N) is 2. The highest BCUT2D eigenvalue weighted by Gasteiger charge is 2.44. The smallest absolute Gasteiger partial charge is 0.315 e. The molecule has 0 unspecified atom stereocenters. The third-order valence-electron chi connectivity index (χ3n) is 2.77. The molecule has 7 heteroatoms. The Morgan fingerprint density at radius 1 is 1.31 bits per heavy atom. The minimum Gasteiger partial charge on any atom is -0.481 e. The van der Waals surface area contributed by atoms with Gasteiger partial charge in [-0.15, -0.1) is 0 Å². The van der Waals surface area contributed by atoms with Gasteiger partial charge in [0, 0.05) is 6.54 Å². The molecular weight excluding hydrogens is 222 g/mol. The van der Waals surface area contributed by atoms with Crippen LogP contribution in [0.2, 0.25) is 0 Å². The quantitative estimate of drug-likeness (QED) is 0.660. The minimum absolute atomic E-state index is 0.0165. The Balaban J connectivity index is 2.28. The van der Waals surface area contributed by atoms with Crippen molar-refractivity contribution >= 4 is 12.0 Å². The van der Waals surface area contributed by atoms with Gasteiger partial charge in [0.2, 0.25) is 0 Å². The molecule has 0 bridgehead atoms. The fourth-order valence-corrected chi connectivity index (χ4v) is 1.55. The van der Waals surface area contributed by atoms with Crippen LogP contribution in [0.25, 0.3) is 0 Å². The van der Waals surface area contributed by atoms with E-state index in [0.29, 0.717) is 12.8 Å². The summed E-state index contributed by atoms with van der Waals surface area (Å²) in [7, 11) is 0. The standard InChI is InChI=1S/C9H14F2N2O3/c10-6(11)4-12-8(16)13-5-9(7(14)15)2-1-3-9/h6H,1-5H2,(H,14,15)(H2,12,13,16). The van der Waals surface area contributed by atoms with Gasteiger partial charge >= 0.3 is 12.0 Å². The molecule has 1 fully saturated rings. The summed E-state index contributed by atoms with van der Waals surface area (Å²) in [6.07, 6.45) is -0.774. The molecule has 92 valence electrons. The maximum atomic E-state index is 11.7. The Morgan fingerprint density at radius 2 is 1.94 bits per heavy atom. The van der Waals surface area contributed by atoms with Crippen molar-refractivity contribution in [2.24, 2.45) is 5.41 Å². The lowest BCUT2D eigenvalue weighted by Crippen LogP contribution is -2.50.